The third kappa shape index (κ3) is 5.45. The molecule has 2 heterocycles. The Hall–Kier alpha value is -2.08. The van der Waals surface area contributed by atoms with Crippen molar-refractivity contribution in [1.82, 2.24) is 10.2 Å². The number of anilines is 1. The highest BCUT2D eigenvalue weighted by molar-refractivity contribution is 5.97. The lowest BCUT2D eigenvalue weighted by molar-refractivity contribution is -0.122. The van der Waals surface area contributed by atoms with Crippen LogP contribution in [0.2, 0.25) is 0 Å². The Morgan fingerprint density at radius 2 is 2.07 bits per heavy atom. The first-order valence-corrected chi connectivity index (χ1v) is 10.2. The Morgan fingerprint density at radius 3 is 2.93 bits per heavy atom. The van der Waals surface area contributed by atoms with Gasteiger partial charge in [-0.15, -0.1) is 0 Å². The van der Waals surface area contributed by atoms with Crippen molar-refractivity contribution < 1.29 is 14.3 Å². The number of nitrogens with one attached hydrogen (secondary N) is 1. The van der Waals surface area contributed by atoms with Gasteiger partial charge in [-0.2, -0.15) is 0 Å². The Labute approximate surface area is 161 Å². The van der Waals surface area contributed by atoms with Crippen LogP contribution in [-0.4, -0.2) is 55.5 Å². The summed E-state index contributed by atoms with van der Waals surface area (Å²) in [5.74, 6) is 0.744. The lowest BCUT2D eigenvalue weighted by atomic mass is 10.0. The number of fused-ring (bicyclic) bond motifs is 1. The van der Waals surface area contributed by atoms with E-state index in [4.69, 9.17) is 4.74 Å². The van der Waals surface area contributed by atoms with E-state index in [1.807, 2.05) is 24.3 Å². The number of rotatable bonds is 8. The molecule has 148 valence electrons. The van der Waals surface area contributed by atoms with Gasteiger partial charge in [-0.05, 0) is 51.3 Å². The molecule has 0 spiro atoms. The molecule has 6 heteroatoms. The normalized spacial score (nSPS) is 20.1. The van der Waals surface area contributed by atoms with Crippen LogP contribution in [0.3, 0.4) is 0 Å². The maximum Gasteiger partial charge on any atom is 0.265 e. The van der Waals surface area contributed by atoms with Crippen molar-refractivity contribution in [3.8, 4) is 5.75 Å². The molecule has 0 bridgehead atoms. The first kappa shape index (κ1) is 19.7. The number of likely N-dealkylation sites (tertiary alicyclic amines) is 1. The number of para-hydroxylation sites is 2. The number of benzene rings is 1. The molecule has 2 amide bonds. The second kappa shape index (κ2) is 9.74. The van der Waals surface area contributed by atoms with Crippen molar-refractivity contribution in [1.29, 1.82) is 0 Å². The predicted octanol–water partition coefficient (Wildman–Crippen LogP) is 2.57. The van der Waals surface area contributed by atoms with Gasteiger partial charge in [-0.1, -0.05) is 18.6 Å². The van der Waals surface area contributed by atoms with E-state index in [2.05, 4.69) is 17.1 Å². The fraction of sp³-hybridized carbons (Fsp3) is 0.619. The van der Waals surface area contributed by atoms with Crippen molar-refractivity contribution >= 4 is 17.5 Å². The molecule has 3 rings (SSSR count). The molecule has 27 heavy (non-hydrogen) atoms. The Kier molecular flexibility index (Phi) is 7.10. The molecule has 1 N–H and O–H groups in total. The van der Waals surface area contributed by atoms with Crippen molar-refractivity contribution in [3.63, 3.8) is 0 Å². The zero-order chi connectivity index (χ0) is 19.1. The topological polar surface area (TPSA) is 61.9 Å². The standard InChI is InChI=1S/C21H31N3O3/c1-17-8-4-5-13-23(17)14-7-12-22-20(25)11-6-15-24-18-9-2-3-10-19(18)27-16-21(24)26/h2-3,9-10,17H,4-8,11-16H2,1H3,(H,22,25). The van der Waals surface area contributed by atoms with Crippen LogP contribution in [-0.2, 0) is 9.59 Å². The minimum atomic E-state index is -0.0511. The van der Waals surface area contributed by atoms with E-state index in [1.54, 1.807) is 4.90 Å². The van der Waals surface area contributed by atoms with Crippen LogP contribution >= 0.6 is 0 Å². The molecular weight excluding hydrogens is 342 g/mol. The largest absolute Gasteiger partial charge is 0.482 e. The van der Waals surface area contributed by atoms with E-state index >= 15 is 0 Å². The number of carbonyl (C=O) groups is 2. The van der Waals surface area contributed by atoms with E-state index < -0.39 is 0 Å². The lowest BCUT2D eigenvalue weighted by Crippen LogP contribution is -2.40. The van der Waals surface area contributed by atoms with Gasteiger partial charge < -0.3 is 19.9 Å². The predicted molar refractivity (Wildman–Crippen MR) is 106 cm³/mol. The molecule has 2 aliphatic heterocycles. The highest BCUT2D eigenvalue weighted by Gasteiger charge is 2.24. The second-order valence-electron chi connectivity index (χ2n) is 7.49. The number of piperidine rings is 1. The number of hydrogen-bond donors (Lipinski definition) is 1. The molecule has 1 aromatic rings. The van der Waals surface area contributed by atoms with Crippen LogP contribution in [0.5, 0.6) is 5.75 Å². The van der Waals surface area contributed by atoms with E-state index in [9.17, 15) is 9.59 Å². The monoisotopic (exact) mass is 373 g/mol. The fourth-order valence-corrected chi connectivity index (χ4v) is 3.88. The highest BCUT2D eigenvalue weighted by Crippen LogP contribution is 2.31. The lowest BCUT2D eigenvalue weighted by Gasteiger charge is -2.33. The summed E-state index contributed by atoms with van der Waals surface area (Å²) >= 11 is 0. The van der Waals surface area contributed by atoms with Crippen molar-refractivity contribution in [2.45, 2.75) is 51.5 Å². The molecule has 1 aromatic carbocycles. The van der Waals surface area contributed by atoms with Crippen LogP contribution in [0.15, 0.2) is 24.3 Å². The van der Waals surface area contributed by atoms with E-state index in [1.165, 1.54) is 25.8 Å². The maximum atomic E-state index is 12.1. The zero-order valence-electron chi connectivity index (χ0n) is 16.3. The number of hydrogen-bond acceptors (Lipinski definition) is 4. The quantitative estimate of drug-likeness (QED) is 0.712. The average molecular weight is 373 g/mol. The third-order valence-corrected chi connectivity index (χ3v) is 5.48. The van der Waals surface area contributed by atoms with Crippen molar-refractivity contribution in [2.75, 3.05) is 37.7 Å². The summed E-state index contributed by atoms with van der Waals surface area (Å²) in [5, 5.41) is 3.01. The van der Waals surface area contributed by atoms with Crippen LogP contribution in [0.25, 0.3) is 0 Å². The van der Waals surface area contributed by atoms with Crippen LogP contribution in [0.4, 0.5) is 5.69 Å². The Morgan fingerprint density at radius 1 is 1.22 bits per heavy atom. The highest BCUT2D eigenvalue weighted by atomic mass is 16.5. The maximum absolute atomic E-state index is 12.1. The summed E-state index contributed by atoms with van der Waals surface area (Å²) in [6, 6.07) is 8.20. The number of amides is 2. The van der Waals surface area contributed by atoms with Gasteiger partial charge in [0.15, 0.2) is 6.61 Å². The number of ether oxygens (including phenoxy) is 1. The number of nitrogens with zero attached hydrogens (tertiary/aromatic N) is 2. The van der Waals surface area contributed by atoms with Gasteiger partial charge in [0.25, 0.3) is 5.91 Å². The minimum Gasteiger partial charge on any atom is -0.482 e. The fourth-order valence-electron chi connectivity index (χ4n) is 3.88. The molecule has 1 fully saturated rings. The van der Waals surface area contributed by atoms with E-state index in [0.717, 1.165) is 30.9 Å². The molecule has 0 aromatic heterocycles. The van der Waals surface area contributed by atoms with Gasteiger partial charge in [0.2, 0.25) is 5.91 Å². The summed E-state index contributed by atoms with van der Waals surface area (Å²) in [7, 11) is 0. The number of carbonyl (C=O) groups excluding carboxylic acids is 2. The SMILES string of the molecule is CC1CCCCN1CCCNC(=O)CCCN1C(=O)COc2ccccc21. The zero-order valence-corrected chi connectivity index (χ0v) is 16.3. The molecule has 1 unspecified atom stereocenters. The summed E-state index contributed by atoms with van der Waals surface area (Å²) in [4.78, 5) is 28.4. The van der Waals surface area contributed by atoms with E-state index in [0.29, 0.717) is 25.4 Å². The van der Waals surface area contributed by atoms with Gasteiger partial charge in [-0.25, -0.2) is 0 Å². The summed E-state index contributed by atoms with van der Waals surface area (Å²) in [6.45, 7) is 5.87. The first-order valence-electron chi connectivity index (χ1n) is 10.2. The average Bonchev–Trinajstić information content (AvgIpc) is 2.68. The summed E-state index contributed by atoms with van der Waals surface area (Å²) in [5.41, 5.74) is 0.796. The molecule has 1 atom stereocenters. The van der Waals surface area contributed by atoms with Gasteiger partial charge in [0, 0.05) is 32.1 Å². The molecular formula is C21H31N3O3. The molecule has 6 nitrogen and oxygen atoms in total. The van der Waals surface area contributed by atoms with Gasteiger partial charge >= 0.3 is 0 Å². The van der Waals surface area contributed by atoms with Crippen LogP contribution in [0, 0.1) is 0 Å². The third-order valence-electron chi connectivity index (χ3n) is 5.48. The minimum absolute atomic E-state index is 0.0511. The summed E-state index contributed by atoms with van der Waals surface area (Å²) in [6.07, 6.45) is 5.99. The van der Waals surface area contributed by atoms with Crippen LogP contribution in [0.1, 0.15) is 45.4 Å². The van der Waals surface area contributed by atoms with E-state index in [-0.39, 0.29) is 18.4 Å². The van der Waals surface area contributed by atoms with Gasteiger partial charge in [-0.3, -0.25) is 9.59 Å². The second-order valence-corrected chi connectivity index (χ2v) is 7.49. The van der Waals surface area contributed by atoms with Crippen molar-refractivity contribution in [3.05, 3.63) is 24.3 Å². The summed E-state index contributed by atoms with van der Waals surface area (Å²) < 4.78 is 5.44. The Balaban J connectivity index is 1.33. The van der Waals surface area contributed by atoms with Gasteiger partial charge in [0.1, 0.15) is 5.75 Å². The molecule has 0 saturated carbocycles. The van der Waals surface area contributed by atoms with Gasteiger partial charge in [0.05, 0.1) is 5.69 Å². The smallest absolute Gasteiger partial charge is 0.265 e. The molecule has 0 radical (unpaired) electrons. The first-order chi connectivity index (χ1) is 13.1. The molecule has 0 aliphatic carbocycles. The Bertz CT molecular complexity index is 649. The van der Waals surface area contributed by atoms with Crippen molar-refractivity contribution in [2.24, 2.45) is 0 Å². The molecule has 1 saturated heterocycles. The molecule has 2 aliphatic rings. The van der Waals surface area contributed by atoms with Crippen LogP contribution < -0.4 is 15.0 Å².